The summed E-state index contributed by atoms with van der Waals surface area (Å²) >= 11 is 0. The molecule has 0 saturated carbocycles. The highest BCUT2D eigenvalue weighted by Crippen LogP contribution is 2.30. The first-order valence-electron chi connectivity index (χ1n) is 11.0. The first-order chi connectivity index (χ1) is 15.7. The van der Waals surface area contributed by atoms with Crippen molar-refractivity contribution >= 4 is 11.2 Å². The molecule has 8 heteroatoms. The Hall–Kier alpha value is -3.91. The van der Waals surface area contributed by atoms with Gasteiger partial charge in [-0.25, -0.2) is 9.97 Å². The van der Waals surface area contributed by atoms with Gasteiger partial charge in [-0.05, 0) is 46.9 Å². The fourth-order valence-electron chi connectivity index (χ4n) is 4.05. The van der Waals surface area contributed by atoms with E-state index < -0.39 is 0 Å². The van der Waals surface area contributed by atoms with Crippen LogP contribution in [-0.2, 0) is 13.0 Å². The Kier molecular flexibility index (Phi) is 6.55. The number of aromatic nitrogens is 7. The Bertz CT molecular complexity index is 1340. The Morgan fingerprint density at radius 2 is 1.76 bits per heavy atom. The monoisotopic (exact) mass is 441 g/mol. The van der Waals surface area contributed by atoms with Crippen molar-refractivity contribution in [2.75, 3.05) is 0 Å². The first-order valence-corrected chi connectivity index (χ1v) is 11.0. The molecule has 5 rings (SSSR count). The molecular formula is C25H29N8+. The topological polar surface area (TPSA) is 122 Å². The number of imidazole rings is 1. The van der Waals surface area contributed by atoms with Gasteiger partial charge in [0.1, 0.15) is 11.3 Å². The fourth-order valence-corrected chi connectivity index (χ4v) is 4.05. The SMILES string of the molecule is CCCCc1nc2c(C)ccnc2n1Cc1ccc(-c2ccccc2-c2nn[nH]n2)cc1.[NH4+]. The van der Waals surface area contributed by atoms with Crippen LogP contribution < -0.4 is 6.15 Å². The van der Waals surface area contributed by atoms with Gasteiger partial charge in [-0.3, -0.25) is 0 Å². The summed E-state index contributed by atoms with van der Waals surface area (Å²) in [5, 5.41) is 14.5. The lowest BCUT2D eigenvalue weighted by Crippen LogP contribution is -2.06. The zero-order valence-corrected chi connectivity index (χ0v) is 19.3. The normalized spacial score (nSPS) is 11.0. The van der Waals surface area contributed by atoms with Crippen LogP contribution in [0.2, 0.25) is 0 Å². The molecule has 8 nitrogen and oxygen atoms in total. The summed E-state index contributed by atoms with van der Waals surface area (Å²) in [6.07, 6.45) is 5.10. The fraction of sp³-hybridized carbons (Fsp3) is 0.240. The summed E-state index contributed by atoms with van der Waals surface area (Å²) in [5.74, 6) is 1.70. The molecule has 0 atom stereocenters. The highest BCUT2D eigenvalue weighted by molar-refractivity contribution is 5.80. The molecule has 0 spiro atoms. The van der Waals surface area contributed by atoms with Crippen LogP contribution in [0.5, 0.6) is 0 Å². The first kappa shape index (κ1) is 22.3. The average Bonchev–Trinajstić information content (AvgIpc) is 3.48. The van der Waals surface area contributed by atoms with E-state index in [0.29, 0.717) is 5.82 Å². The molecule has 0 unspecified atom stereocenters. The molecule has 3 aromatic heterocycles. The number of quaternary nitrogens is 1. The molecule has 168 valence electrons. The van der Waals surface area contributed by atoms with Crippen LogP contribution in [-0.4, -0.2) is 35.2 Å². The third-order valence-electron chi connectivity index (χ3n) is 5.79. The molecule has 0 radical (unpaired) electrons. The maximum atomic E-state index is 4.93. The molecule has 3 heterocycles. The molecule has 5 aromatic rings. The molecule has 0 aliphatic heterocycles. The van der Waals surface area contributed by atoms with E-state index in [-0.39, 0.29) is 6.15 Å². The lowest BCUT2D eigenvalue weighted by Gasteiger charge is -2.11. The van der Waals surface area contributed by atoms with E-state index in [2.05, 4.69) is 74.4 Å². The highest BCUT2D eigenvalue weighted by atomic mass is 15.5. The van der Waals surface area contributed by atoms with Gasteiger partial charge in [-0.2, -0.15) is 5.21 Å². The Morgan fingerprint density at radius 1 is 0.970 bits per heavy atom. The van der Waals surface area contributed by atoms with Crippen molar-refractivity contribution in [3.63, 3.8) is 0 Å². The van der Waals surface area contributed by atoms with Crippen LogP contribution in [0.15, 0.2) is 60.8 Å². The summed E-state index contributed by atoms with van der Waals surface area (Å²) < 4.78 is 2.26. The van der Waals surface area contributed by atoms with Crippen LogP contribution >= 0.6 is 0 Å². The molecule has 0 aliphatic rings. The Morgan fingerprint density at radius 3 is 2.48 bits per heavy atom. The number of nitrogens with zero attached hydrogens (tertiary/aromatic N) is 6. The number of hydrogen-bond donors (Lipinski definition) is 2. The van der Waals surface area contributed by atoms with Gasteiger partial charge >= 0.3 is 0 Å². The number of aromatic amines is 1. The number of benzene rings is 2. The molecule has 2 aromatic carbocycles. The minimum Gasteiger partial charge on any atom is -0.369 e. The van der Waals surface area contributed by atoms with E-state index in [9.17, 15) is 0 Å². The molecule has 0 aliphatic carbocycles. The number of nitrogens with one attached hydrogen (secondary N) is 1. The third kappa shape index (κ3) is 4.38. The predicted octanol–water partition coefficient (Wildman–Crippen LogP) is 5.35. The van der Waals surface area contributed by atoms with Crippen molar-refractivity contribution in [3.8, 4) is 22.5 Å². The van der Waals surface area contributed by atoms with Gasteiger partial charge < -0.3 is 10.7 Å². The second kappa shape index (κ2) is 9.70. The molecule has 0 fully saturated rings. The summed E-state index contributed by atoms with van der Waals surface area (Å²) in [7, 11) is 0. The van der Waals surface area contributed by atoms with Crippen molar-refractivity contribution in [2.24, 2.45) is 0 Å². The van der Waals surface area contributed by atoms with Gasteiger partial charge in [0.05, 0.1) is 6.54 Å². The van der Waals surface area contributed by atoms with Gasteiger partial charge in [0.15, 0.2) is 5.65 Å². The molecule has 0 bridgehead atoms. The molecule has 0 saturated heterocycles. The zero-order valence-electron chi connectivity index (χ0n) is 19.3. The summed E-state index contributed by atoms with van der Waals surface area (Å²) in [4.78, 5) is 9.58. The van der Waals surface area contributed by atoms with E-state index in [1.807, 2.05) is 30.5 Å². The predicted molar refractivity (Wildman–Crippen MR) is 131 cm³/mol. The lowest BCUT2D eigenvalue weighted by molar-refractivity contribution is 0.686. The van der Waals surface area contributed by atoms with Crippen molar-refractivity contribution in [2.45, 2.75) is 39.7 Å². The zero-order chi connectivity index (χ0) is 21.9. The summed E-state index contributed by atoms with van der Waals surface area (Å²) in [6, 6.07) is 18.8. The minimum atomic E-state index is 0. The quantitative estimate of drug-likeness (QED) is 0.352. The van der Waals surface area contributed by atoms with Crippen LogP contribution in [0.1, 0.15) is 36.7 Å². The highest BCUT2D eigenvalue weighted by Gasteiger charge is 2.14. The van der Waals surface area contributed by atoms with Gasteiger partial charge in [-0.1, -0.05) is 61.9 Å². The number of aryl methyl sites for hydroxylation is 2. The van der Waals surface area contributed by atoms with Crippen LogP contribution in [0.4, 0.5) is 0 Å². The number of fused-ring (bicyclic) bond motifs is 1. The average molecular weight is 442 g/mol. The third-order valence-corrected chi connectivity index (χ3v) is 5.79. The Labute approximate surface area is 192 Å². The van der Waals surface area contributed by atoms with E-state index in [0.717, 1.165) is 59.5 Å². The van der Waals surface area contributed by atoms with E-state index in [1.54, 1.807) is 0 Å². The molecule has 33 heavy (non-hydrogen) atoms. The summed E-state index contributed by atoms with van der Waals surface area (Å²) in [5.41, 5.74) is 7.49. The van der Waals surface area contributed by atoms with Crippen LogP contribution in [0.25, 0.3) is 33.7 Å². The molecular weight excluding hydrogens is 412 g/mol. The number of unbranched alkanes of at least 4 members (excludes halogenated alkanes) is 1. The standard InChI is InChI=1S/C25H25N7.H3N/c1-3-4-9-22-27-23-17(2)14-15-26-25(23)32(22)16-18-10-12-19(13-11-18)20-7-5-6-8-21(20)24-28-30-31-29-24;/h5-8,10-15H,3-4,9,16H2,1-2H3,(H,28,29,30,31);1H3/p+1. The maximum absolute atomic E-state index is 4.93. The summed E-state index contributed by atoms with van der Waals surface area (Å²) in [6.45, 7) is 5.06. The van der Waals surface area contributed by atoms with Gasteiger partial charge in [0.2, 0.25) is 5.82 Å². The number of tetrazole rings is 1. The number of rotatable bonds is 7. The van der Waals surface area contributed by atoms with Gasteiger partial charge in [-0.15, -0.1) is 10.2 Å². The van der Waals surface area contributed by atoms with Crippen molar-refractivity contribution in [3.05, 3.63) is 77.7 Å². The Balaban J connectivity index is 0.00000259. The lowest BCUT2D eigenvalue weighted by atomic mass is 9.98. The van der Waals surface area contributed by atoms with Crippen molar-refractivity contribution in [1.29, 1.82) is 0 Å². The second-order valence-electron chi connectivity index (χ2n) is 8.00. The van der Waals surface area contributed by atoms with E-state index >= 15 is 0 Å². The second-order valence-corrected chi connectivity index (χ2v) is 8.00. The van der Waals surface area contributed by atoms with Crippen LogP contribution in [0, 0.1) is 6.92 Å². The van der Waals surface area contributed by atoms with Crippen molar-refractivity contribution in [1.82, 2.24) is 41.3 Å². The number of H-pyrrole nitrogens is 1. The number of hydrogen-bond acceptors (Lipinski definition) is 5. The van der Waals surface area contributed by atoms with E-state index in [1.165, 1.54) is 11.1 Å². The molecule has 5 N–H and O–H groups in total. The van der Waals surface area contributed by atoms with Gasteiger partial charge in [0, 0.05) is 18.2 Å². The van der Waals surface area contributed by atoms with Gasteiger partial charge in [0.25, 0.3) is 0 Å². The largest absolute Gasteiger partial charge is 0.369 e. The molecule has 0 amide bonds. The maximum Gasteiger partial charge on any atom is 0.205 e. The smallest absolute Gasteiger partial charge is 0.205 e. The van der Waals surface area contributed by atoms with Crippen molar-refractivity contribution < 1.29 is 0 Å². The number of pyridine rings is 1. The minimum absolute atomic E-state index is 0. The van der Waals surface area contributed by atoms with E-state index in [4.69, 9.17) is 4.98 Å². The van der Waals surface area contributed by atoms with Crippen LogP contribution in [0.3, 0.4) is 0 Å².